The minimum absolute atomic E-state index is 0.0218. The van der Waals surface area contributed by atoms with Gasteiger partial charge in [-0.05, 0) is 31.9 Å². The van der Waals surface area contributed by atoms with E-state index in [1.807, 2.05) is 20.0 Å². The van der Waals surface area contributed by atoms with E-state index in [1.165, 1.54) is 0 Å². The number of para-hydroxylation sites is 1. The Morgan fingerprint density at radius 2 is 2.04 bits per heavy atom. The Hall–Kier alpha value is -2.12. The lowest BCUT2D eigenvalue weighted by molar-refractivity contribution is 0.119. The molecular formula is C20H30N4O2S. The fraction of sp³-hybridized carbons (Fsp3) is 0.500. The minimum Gasteiger partial charge on any atom is -0.491 e. The van der Waals surface area contributed by atoms with Crippen LogP contribution in [0.25, 0.3) is 0 Å². The van der Waals surface area contributed by atoms with Crippen molar-refractivity contribution in [1.82, 2.24) is 15.2 Å². The number of ether oxygens (including phenoxy) is 2. The van der Waals surface area contributed by atoms with Gasteiger partial charge in [0.25, 0.3) is 0 Å². The van der Waals surface area contributed by atoms with Crippen molar-refractivity contribution >= 4 is 17.3 Å². The number of nitrogens with zero attached hydrogens (tertiary/aromatic N) is 3. The van der Waals surface area contributed by atoms with Crippen molar-refractivity contribution in [3.8, 4) is 5.75 Å². The molecule has 27 heavy (non-hydrogen) atoms. The zero-order chi connectivity index (χ0) is 19.8. The molecule has 1 unspecified atom stereocenters. The first-order valence-electron chi connectivity index (χ1n) is 9.04. The standard InChI is InChI=1S/C20H30N4O2S/c1-14-8-7-9-15(2)18(14)26-11-10-22-20(21-4)24(5)12-17-13-27-19(23-17)16(3)25-6/h7-9,13,16H,10-12H2,1-6H3,(H,21,22). The highest BCUT2D eigenvalue weighted by atomic mass is 32.1. The highest BCUT2D eigenvalue weighted by Gasteiger charge is 2.12. The molecule has 1 aromatic carbocycles. The van der Waals surface area contributed by atoms with Crippen LogP contribution in [0, 0.1) is 13.8 Å². The molecular weight excluding hydrogens is 360 g/mol. The summed E-state index contributed by atoms with van der Waals surface area (Å²) in [6, 6.07) is 6.17. The van der Waals surface area contributed by atoms with Gasteiger partial charge in [-0.15, -0.1) is 11.3 Å². The van der Waals surface area contributed by atoms with E-state index in [0.717, 1.165) is 33.5 Å². The van der Waals surface area contributed by atoms with Gasteiger partial charge in [0.2, 0.25) is 0 Å². The van der Waals surface area contributed by atoms with Gasteiger partial charge >= 0.3 is 0 Å². The van der Waals surface area contributed by atoms with Gasteiger partial charge in [-0.2, -0.15) is 0 Å². The molecule has 0 aliphatic rings. The molecule has 0 saturated heterocycles. The number of aryl methyl sites for hydroxylation is 2. The van der Waals surface area contributed by atoms with Crippen LogP contribution in [-0.4, -0.2) is 50.2 Å². The maximum Gasteiger partial charge on any atom is 0.193 e. The SMILES string of the molecule is CN=C(NCCOc1c(C)cccc1C)N(C)Cc1csc(C(C)OC)n1. The largest absolute Gasteiger partial charge is 0.491 e. The van der Waals surface area contributed by atoms with Crippen LogP contribution in [-0.2, 0) is 11.3 Å². The Morgan fingerprint density at radius 3 is 2.67 bits per heavy atom. The second-order valence-corrected chi connectivity index (χ2v) is 7.34. The number of hydrogen-bond acceptors (Lipinski definition) is 5. The zero-order valence-electron chi connectivity index (χ0n) is 17.1. The molecule has 1 N–H and O–H groups in total. The van der Waals surface area contributed by atoms with E-state index in [-0.39, 0.29) is 6.10 Å². The minimum atomic E-state index is 0.0218. The number of rotatable bonds is 8. The lowest BCUT2D eigenvalue weighted by Gasteiger charge is -2.21. The topological polar surface area (TPSA) is 59.0 Å². The van der Waals surface area contributed by atoms with Crippen molar-refractivity contribution in [1.29, 1.82) is 0 Å². The molecule has 0 spiro atoms. The zero-order valence-corrected chi connectivity index (χ0v) is 17.9. The summed E-state index contributed by atoms with van der Waals surface area (Å²) in [4.78, 5) is 11.0. The number of benzene rings is 1. The fourth-order valence-corrected chi connectivity index (χ4v) is 3.57. The Labute approximate surface area is 166 Å². The quantitative estimate of drug-likeness (QED) is 0.424. The molecule has 1 aromatic heterocycles. The number of thiazole rings is 1. The second kappa shape index (κ2) is 10.3. The number of nitrogens with one attached hydrogen (secondary N) is 1. The molecule has 0 saturated carbocycles. The van der Waals surface area contributed by atoms with Crippen LogP contribution in [0.3, 0.4) is 0 Å². The third-order valence-corrected chi connectivity index (χ3v) is 5.34. The number of hydrogen-bond donors (Lipinski definition) is 1. The molecule has 148 valence electrons. The molecule has 6 nitrogen and oxygen atoms in total. The van der Waals surface area contributed by atoms with Crippen molar-refractivity contribution in [3.63, 3.8) is 0 Å². The monoisotopic (exact) mass is 390 g/mol. The number of guanidine groups is 1. The van der Waals surface area contributed by atoms with Crippen molar-refractivity contribution in [2.45, 2.75) is 33.4 Å². The van der Waals surface area contributed by atoms with Gasteiger partial charge in [-0.3, -0.25) is 4.99 Å². The second-order valence-electron chi connectivity index (χ2n) is 6.45. The molecule has 1 atom stereocenters. The van der Waals surface area contributed by atoms with E-state index in [0.29, 0.717) is 19.7 Å². The van der Waals surface area contributed by atoms with Gasteiger partial charge in [-0.1, -0.05) is 18.2 Å². The molecule has 0 aliphatic heterocycles. The summed E-state index contributed by atoms with van der Waals surface area (Å²) in [5.74, 6) is 1.78. The van der Waals surface area contributed by atoms with E-state index >= 15 is 0 Å². The number of methoxy groups -OCH3 is 1. The molecule has 0 bridgehead atoms. The maximum absolute atomic E-state index is 5.94. The van der Waals surface area contributed by atoms with Crippen LogP contribution in [0.1, 0.15) is 34.9 Å². The third-order valence-electron chi connectivity index (χ3n) is 4.28. The summed E-state index contributed by atoms with van der Waals surface area (Å²) >= 11 is 1.62. The fourth-order valence-electron chi connectivity index (χ4n) is 2.73. The highest BCUT2D eigenvalue weighted by molar-refractivity contribution is 7.09. The van der Waals surface area contributed by atoms with Gasteiger partial charge in [0.15, 0.2) is 5.96 Å². The van der Waals surface area contributed by atoms with Gasteiger partial charge < -0.3 is 19.7 Å². The number of aromatic nitrogens is 1. The third kappa shape index (κ3) is 5.94. The normalized spacial score (nSPS) is 12.7. The van der Waals surface area contributed by atoms with Crippen LogP contribution in [0.15, 0.2) is 28.6 Å². The van der Waals surface area contributed by atoms with E-state index < -0.39 is 0 Å². The summed E-state index contributed by atoms with van der Waals surface area (Å²) in [5, 5.41) is 6.40. The lowest BCUT2D eigenvalue weighted by atomic mass is 10.1. The van der Waals surface area contributed by atoms with Crippen LogP contribution < -0.4 is 10.1 Å². The van der Waals surface area contributed by atoms with Crippen LogP contribution >= 0.6 is 11.3 Å². The molecule has 2 aromatic rings. The first-order chi connectivity index (χ1) is 13.0. The van der Waals surface area contributed by atoms with E-state index in [4.69, 9.17) is 9.47 Å². The van der Waals surface area contributed by atoms with Gasteiger partial charge in [-0.25, -0.2) is 4.98 Å². The van der Waals surface area contributed by atoms with E-state index in [9.17, 15) is 0 Å². The summed E-state index contributed by atoms with van der Waals surface area (Å²) in [7, 11) is 5.48. The van der Waals surface area contributed by atoms with E-state index in [2.05, 4.69) is 51.6 Å². The number of aliphatic imine (C=N–C) groups is 1. The molecule has 0 aliphatic carbocycles. The summed E-state index contributed by atoms with van der Waals surface area (Å²) < 4.78 is 11.3. The van der Waals surface area contributed by atoms with Crippen LogP contribution in [0.4, 0.5) is 0 Å². The molecule has 0 radical (unpaired) electrons. The van der Waals surface area contributed by atoms with Crippen molar-refractivity contribution in [2.75, 3.05) is 34.4 Å². The van der Waals surface area contributed by atoms with Gasteiger partial charge in [0.05, 0.1) is 18.8 Å². The average molecular weight is 391 g/mol. The lowest BCUT2D eigenvalue weighted by Crippen LogP contribution is -2.40. The Balaban J connectivity index is 1.83. The Morgan fingerprint density at radius 1 is 1.33 bits per heavy atom. The molecule has 2 rings (SSSR count). The highest BCUT2D eigenvalue weighted by Crippen LogP contribution is 2.22. The van der Waals surface area contributed by atoms with Crippen molar-refractivity contribution in [2.24, 2.45) is 4.99 Å². The van der Waals surface area contributed by atoms with Crippen LogP contribution in [0.2, 0.25) is 0 Å². The Bertz CT molecular complexity index is 740. The van der Waals surface area contributed by atoms with Gasteiger partial charge in [0.1, 0.15) is 23.5 Å². The maximum atomic E-state index is 5.94. The molecule has 1 heterocycles. The van der Waals surface area contributed by atoms with Crippen LogP contribution in [0.5, 0.6) is 5.75 Å². The molecule has 7 heteroatoms. The first-order valence-corrected chi connectivity index (χ1v) is 9.92. The average Bonchev–Trinajstić information content (AvgIpc) is 3.11. The summed E-state index contributed by atoms with van der Waals surface area (Å²) in [6.07, 6.45) is 0.0218. The van der Waals surface area contributed by atoms with E-state index in [1.54, 1.807) is 25.5 Å². The Kier molecular flexibility index (Phi) is 8.06. The first kappa shape index (κ1) is 21.2. The summed E-state index contributed by atoms with van der Waals surface area (Å²) in [5.41, 5.74) is 3.32. The smallest absolute Gasteiger partial charge is 0.193 e. The van der Waals surface area contributed by atoms with Crippen molar-refractivity contribution in [3.05, 3.63) is 45.4 Å². The van der Waals surface area contributed by atoms with Crippen molar-refractivity contribution < 1.29 is 9.47 Å². The predicted octanol–water partition coefficient (Wildman–Crippen LogP) is 3.55. The van der Waals surface area contributed by atoms with Gasteiger partial charge in [0, 0.05) is 26.6 Å². The summed E-state index contributed by atoms with van der Waals surface area (Å²) in [6.45, 7) is 8.07. The molecule has 0 amide bonds. The predicted molar refractivity (Wildman–Crippen MR) is 112 cm³/mol. The molecule has 0 fully saturated rings.